The molecule has 0 spiro atoms. The van der Waals surface area contributed by atoms with Crippen molar-refractivity contribution in [2.45, 2.75) is 26.4 Å². The maximum Gasteiger partial charge on any atom is 0.0712 e. The Bertz CT molecular complexity index is 221. The number of nitrogens with one attached hydrogen (secondary N) is 1. The fourth-order valence-electron chi connectivity index (χ4n) is 2.84. The van der Waals surface area contributed by atoms with Crippen LogP contribution < -0.4 is 5.32 Å². The van der Waals surface area contributed by atoms with Crippen molar-refractivity contribution in [3.05, 3.63) is 0 Å². The van der Waals surface area contributed by atoms with Gasteiger partial charge in [-0.15, -0.1) is 0 Å². The van der Waals surface area contributed by atoms with E-state index in [1.54, 1.807) is 0 Å². The standard InChI is InChI=1S/C14H29N3O/c1-13(2)12-17-8-6-16(7-9-17)5-3-14-11-15-4-10-18-14/h13-15H,3-12H2,1-2H3. The lowest BCUT2D eigenvalue weighted by molar-refractivity contribution is 0.0135. The second-order valence-corrected chi connectivity index (χ2v) is 6.02. The highest BCUT2D eigenvalue weighted by Crippen LogP contribution is 2.08. The summed E-state index contributed by atoms with van der Waals surface area (Å²) in [4.78, 5) is 5.19. The Morgan fingerprint density at radius 2 is 1.89 bits per heavy atom. The van der Waals surface area contributed by atoms with Crippen LogP contribution in [0.4, 0.5) is 0 Å². The number of ether oxygens (including phenoxy) is 1. The molecule has 2 rings (SSSR count). The van der Waals surface area contributed by atoms with Crippen LogP contribution in [0.5, 0.6) is 0 Å². The van der Waals surface area contributed by atoms with Crippen molar-refractivity contribution in [2.75, 3.05) is 59.0 Å². The Hall–Kier alpha value is -0.160. The van der Waals surface area contributed by atoms with E-state index in [0.717, 1.165) is 25.6 Å². The summed E-state index contributed by atoms with van der Waals surface area (Å²) in [6.45, 7) is 14.9. The molecule has 0 amide bonds. The van der Waals surface area contributed by atoms with E-state index >= 15 is 0 Å². The Morgan fingerprint density at radius 3 is 2.50 bits per heavy atom. The summed E-state index contributed by atoms with van der Waals surface area (Å²) in [7, 11) is 0. The Morgan fingerprint density at radius 1 is 1.17 bits per heavy atom. The SMILES string of the molecule is CC(C)CN1CCN(CCC2CNCCO2)CC1. The summed E-state index contributed by atoms with van der Waals surface area (Å²) in [5.74, 6) is 0.790. The first-order valence-electron chi connectivity index (χ1n) is 7.51. The first-order chi connectivity index (χ1) is 8.74. The Labute approximate surface area is 112 Å². The molecule has 4 heteroatoms. The van der Waals surface area contributed by atoms with Gasteiger partial charge in [0.1, 0.15) is 0 Å². The van der Waals surface area contributed by atoms with E-state index < -0.39 is 0 Å². The van der Waals surface area contributed by atoms with Crippen LogP contribution in [-0.4, -0.2) is 74.9 Å². The zero-order valence-corrected chi connectivity index (χ0v) is 12.0. The molecule has 0 aliphatic carbocycles. The predicted octanol–water partition coefficient (Wildman–Crippen LogP) is 0.639. The first-order valence-corrected chi connectivity index (χ1v) is 7.51. The summed E-state index contributed by atoms with van der Waals surface area (Å²) in [6.07, 6.45) is 1.62. The summed E-state index contributed by atoms with van der Waals surface area (Å²) < 4.78 is 5.74. The van der Waals surface area contributed by atoms with Crippen molar-refractivity contribution in [1.29, 1.82) is 0 Å². The fourth-order valence-corrected chi connectivity index (χ4v) is 2.84. The number of hydrogen-bond donors (Lipinski definition) is 1. The highest BCUT2D eigenvalue weighted by molar-refractivity contribution is 4.75. The molecule has 0 radical (unpaired) electrons. The summed E-state index contributed by atoms with van der Waals surface area (Å²) >= 11 is 0. The minimum atomic E-state index is 0.437. The van der Waals surface area contributed by atoms with Gasteiger partial charge >= 0.3 is 0 Å². The molecular weight excluding hydrogens is 226 g/mol. The lowest BCUT2D eigenvalue weighted by Gasteiger charge is -2.36. The fraction of sp³-hybridized carbons (Fsp3) is 1.00. The molecule has 2 heterocycles. The normalized spacial score (nSPS) is 27.8. The number of rotatable bonds is 5. The number of morpholine rings is 1. The molecule has 0 saturated carbocycles. The molecule has 1 N–H and O–H groups in total. The molecule has 0 aromatic heterocycles. The monoisotopic (exact) mass is 255 g/mol. The minimum Gasteiger partial charge on any atom is -0.376 e. The van der Waals surface area contributed by atoms with E-state index in [2.05, 4.69) is 29.0 Å². The maximum absolute atomic E-state index is 5.74. The molecule has 2 saturated heterocycles. The van der Waals surface area contributed by atoms with Crippen molar-refractivity contribution in [2.24, 2.45) is 5.92 Å². The third-order valence-electron chi connectivity index (χ3n) is 3.86. The Kier molecular flexibility index (Phi) is 5.89. The molecular formula is C14H29N3O. The van der Waals surface area contributed by atoms with Crippen LogP contribution in [0.2, 0.25) is 0 Å². The number of nitrogens with zero attached hydrogens (tertiary/aromatic N) is 2. The molecule has 4 nitrogen and oxygen atoms in total. The molecule has 106 valence electrons. The van der Waals surface area contributed by atoms with Crippen molar-refractivity contribution in [3.8, 4) is 0 Å². The van der Waals surface area contributed by atoms with Gasteiger partial charge in [-0.1, -0.05) is 13.8 Å². The van der Waals surface area contributed by atoms with Crippen LogP contribution in [0.3, 0.4) is 0 Å². The average Bonchev–Trinajstić information content (AvgIpc) is 2.38. The van der Waals surface area contributed by atoms with Crippen LogP contribution in [-0.2, 0) is 4.74 Å². The summed E-state index contributed by atoms with van der Waals surface area (Å²) in [6, 6.07) is 0. The quantitative estimate of drug-likeness (QED) is 0.780. The molecule has 18 heavy (non-hydrogen) atoms. The van der Waals surface area contributed by atoms with Gasteiger partial charge in [-0.2, -0.15) is 0 Å². The molecule has 2 aliphatic heterocycles. The van der Waals surface area contributed by atoms with Crippen molar-refractivity contribution >= 4 is 0 Å². The van der Waals surface area contributed by atoms with Gasteiger partial charge in [0.25, 0.3) is 0 Å². The molecule has 1 atom stereocenters. The third-order valence-corrected chi connectivity index (χ3v) is 3.86. The zero-order valence-electron chi connectivity index (χ0n) is 12.0. The minimum absolute atomic E-state index is 0.437. The van der Waals surface area contributed by atoms with E-state index in [9.17, 15) is 0 Å². The highest BCUT2D eigenvalue weighted by Gasteiger charge is 2.19. The predicted molar refractivity (Wildman–Crippen MR) is 74.9 cm³/mol. The second kappa shape index (κ2) is 7.43. The second-order valence-electron chi connectivity index (χ2n) is 6.02. The van der Waals surface area contributed by atoms with E-state index in [1.807, 2.05) is 0 Å². The largest absolute Gasteiger partial charge is 0.376 e. The Balaban J connectivity index is 1.58. The van der Waals surface area contributed by atoms with Crippen LogP contribution >= 0.6 is 0 Å². The van der Waals surface area contributed by atoms with Gasteiger partial charge in [0, 0.05) is 52.4 Å². The summed E-state index contributed by atoms with van der Waals surface area (Å²) in [5.41, 5.74) is 0. The van der Waals surface area contributed by atoms with Crippen molar-refractivity contribution < 1.29 is 4.74 Å². The van der Waals surface area contributed by atoms with E-state index in [0.29, 0.717) is 6.10 Å². The van der Waals surface area contributed by atoms with Crippen molar-refractivity contribution in [1.82, 2.24) is 15.1 Å². The van der Waals surface area contributed by atoms with Gasteiger partial charge in [-0.05, 0) is 12.3 Å². The van der Waals surface area contributed by atoms with Crippen LogP contribution in [0, 0.1) is 5.92 Å². The van der Waals surface area contributed by atoms with E-state index in [4.69, 9.17) is 4.74 Å². The highest BCUT2D eigenvalue weighted by atomic mass is 16.5. The van der Waals surface area contributed by atoms with Gasteiger partial charge in [0.05, 0.1) is 12.7 Å². The molecule has 0 aromatic carbocycles. The first kappa shape index (κ1) is 14.3. The molecule has 2 fully saturated rings. The smallest absolute Gasteiger partial charge is 0.0712 e. The van der Waals surface area contributed by atoms with Gasteiger partial charge in [-0.3, -0.25) is 0 Å². The van der Waals surface area contributed by atoms with Gasteiger partial charge in [-0.25, -0.2) is 0 Å². The molecule has 2 aliphatic rings. The lowest BCUT2D eigenvalue weighted by Crippen LogP contribution is -2.48. The summed E-state index contributed by atoms with van der Waals surface area (Å²) in [5, 5.41) is 3.40. The van der Waals surface area contributed by atoms with Crippen molar-refractivity contribution in [3.63, 3.8) is 0 Å². The van der Waals surface area contributed by atoms with Gasteiger partial charge in [0.2, 0.25) is 0 Å². The third kappa shape index (κ3) is 4.84. The lowest BCUT2D eigenvalue weighted by atomic mass is 10.1. The van der Waals surface area contributed by atoms with Crippen LogP contribution in [0.15, 0.2) is 0 Å². The van der Waals surface area contributed by atoms with Crippen LogP contribution in [0.25, 0.3) is 0 Å². The van der Waals surface area contributed by atoms with E-state index in [-0.39, 0.29) is 0 Å². The molecule has 0 bridgehead atoms. The van der Waals surface area contributed by atoms with Crippen LogP contribution in [0.1, 0.15) is 20.3 Å². The van der Waals surface area contributed by atoms with Gasteiger partial charge < -0.3 is 19.9 Å². The topological polar surface area (TPSA) is 27.7 Å². The maximum atomic E-state index is 5.74. The molecule has 1 unspecified atom stereocenters. The number of hydrogen-bond acceptors (Lipinski definition) is 4. The average molecular weight is 255 g/mol. The zero-order chi connectivity index (χ0) is 12.8. The van der Waals surface area contributed by atoms with Gasteiger partial charge in [0.15, 0.2) is 0 Å². The van der Waals surface area contributed by atoms with E-state index in [1.165, 1.54) is 45.7 Å². The molecule has 0 aromatic rings. The number of piperazine rings is 1.